The minimum absolute atomic E-state index is 0.229. The largest absolute Gasteiger partial charge is 0.508 e. The first-order valence-electron chi connectivity index (χ1n) is 7.49. The number of fused-ring (bicyclic) bond motifs is 1. The lowest BCUT2D eigenvalue weighted by Gasteiger charge is -2.29. The lowest BCUT2D eigenvalue weighted by Crippen LogP contribution is -2.36. The van der Waals surface area contributed by atoms with Crippen LogP contribution >= 0.6 is 0 Å². The smallest absolute Gasteiger partial charge is 0.226 e. The maximum atomic E-state index is 12.4. The minimum Gasteiger partial charge on any atom is -0.508 e. The van der Waals surface area contributed by atoms with Gasteiger partial charge in [-0.3, -0.25) is 4.79 Å². The molecule has 0 unspecified atom stereocenters. The fourth-order valence-corrected chi connectivity index (χ4v) is 3.13. The predicted molar refractivity (Wildman–Crippen MR) is 78.4 cm³/mol. The molecule has 1 aliphatic heterocycles. The molecule has 3 nitrogen and oxygen atoms in total. The van der Waals surface area contributed by atoms with Crippen LogP contribution in [0.25, 0.3) is 0 Å². The fourth-order valence-electron chi connectivity index (χ4n) is 3.13. The molecule has 0 fully saturated rings. The number of nitrogens with zero attached hydrogens (tertiary/aromatic N) is 1. The van der Waals surface area contributed by atoms with E-state index in [2.05, 4.69) is 6.08 Å². The van der Waals surface area contributed by atoms with Crippen LogP contribution in [0, 0.1) is 0 Å². The van der Waals surface area contributed by atoms with E-state index in [-0.39, 0.29) is 11.7 Å². The second-order valence-corrected chi connectivity index (χ2v) is 5.80. The number of phenols is 1. The number of rotatable bonds is 2. The van der Waals surface area contributed by atoms with Gasteiger partial charge in [0.15, 0.2) is 0 Å². The van der Waals surface area contributed by atoms with Crippen molar-refractivity contribution in [2.75, 3.05) is 6.54 Å². The van der Waals surface area contributed by atoms with E-state index < -0.39 is 0 Å². The summed E-state index contributed by atoms with van der Waals surface area (Å²) in [5.74, 6) is 0.514. The Morgan fingerprint density at radius 2 is 2.10 bits per heavy atom. The molecule has 3 heteroatoms. The van der Waals surface area contributed by atoms with Crippen LogP contribution in [0.2, 0.25) is 0 Å². The van der Waals surface area contributed by atoms with Crippen LogP contribution in [0.15, 0.2) is 29.8 Å². The topological polar surface area (TPSA) is 40.5 Å². The molecule has 0 saturated carbocycles. The van der Waals surface area contributed by atoms with E-state index in [4.69, 9.17) is 0 Å². The lowest BCUT2D eigenvalue weighted by atomic mass is 9.95. The Kier molecular flexibility index (Phi) is 3.77. The van der Waals surface area contributed by atoms with Gasteiger partial charge in [0, 0.05) is 19.5 Å². The monoisotopic (exact) mass is 271 g/mol. The van der Waals surface area contributed by atoms with E-state index in [1.165, 1.54) is 24.0 Å². The molecule has 106 valence electrons. The van der Waals surface area contributed by atoms with Crippen LogP contribution in [-0.4, -0.2) is 22.5 Å². The van der Waals surface area contributed by atoms with Gasteiger partial charge in [-0.1, -0.05) is 17.7 Å². The van der Waals surface area contributed by atoms with Crippen LogP contribution in [0.4, 0.5) is 0 Å². The van der Waals surface area contributed by atoms with Crippen LogP contribution < -0.4 is 0 Å². The zero-order valence-corrected chi connectivity index (χ0v) is 11.8. The normalized spacial score (nSPS) is 18.4. The third-order valence-electron chi connectivity index (χ3n) is 4.32. The van der Waals surface area contributed by atoms with Gasteiger partial charge in [0.2, 0.25) is 5.91 Å². The number of hydrogen-bond donors (Lipinski definition) is 1. The van der Waals surface area contributed by atoms with Gasteiger partial charge in [-0.2, -0.15) is 0 Å². The summed E-state index contributed by atoms with van der Waals surface area (Å²) in [5, 5.41) is 9.56. The summed E-state index contributed by atoms with van der Waals surface area (Å²) in [5.41, 5.74) is 3.65. The van der Waals surface area contributed by atoms with Crippen molar-refractivity contribution in [3.8, 4) is 5.75 Å². The van der Waals surface area contributed by atoms with E-state index in [9.17, 15) is 9.90 Å². The van der Waals surface area contributed by atoms with Gasteiger partial charge in [0.25, 0.3) is 0 Å². The van der Waals surface area contributed by atoms with E-state index in [0.717, 1.165) is 31.4 Å². The lowest BCUT2D eigenvalue weighted by molar-refractivity contribution is -0.131. The van der Waals surface area contributed by atoms with Crippen molar-refractivity contribution in [2.24, 2.45) is 0 Å². The number of phenolic OH excluding ortho intramolecular Hbond substituents is 1. The first-order chi connectivity index (χ1) is 9.72. The van der Waals surface area contributed by atoms with Crippen molar-refractivity contribution >= 4 is 5.91 Å². The summed E-state index contributed by atoms with van der Waals surface area (Å²) in [6.45, 7) is 1.43. The Labute approximate surface area is 119 Å². The third-order valence-corrected chi connectivity index (χ3v) is 4.32. The molecular weight excluding hydrogens is 250 g/mol. The molecule has 0 bridgehead atoms. The van der Waals surface area contributed by atoms with Crippen molar-refractivity contribution in [3.05, 3.63) is 41.0 Å². The molecule has 2 aliphatic rings. The summed E-state index contributed by atoms with van der Waals surface area (Å²) < 4.78 is 0. The molecule has 1 amide bonds. The van der Waals surface area contributed by atoms with Crippen LogP contribution in [0.5, 0.6) is 5.75 Å². The third kappa shape index (κ3) is 2.87. The van der Waals surface area contributed by atoms with E-state index in [1.54, 1.807) is 12.1 Å². The van der Waals surface area contributed by atoms with Crippen molar-refractivity contribution in [2.45, 2.75) is 45.1 Å². The number of aromatic hydroxyl groups is 1. The average Bonchev–Trinajstić information content (AvgIpc) is 2.47. The number of allylic oxidation sites excluding steroid dienone is 1. The van der Waals surface area contributed by atoms with Gasteiger partial charge >= 0.3 is 0 Å². The predicted octanol–water partition coefficient (Wildman–Crippen LogP) is 3.17. The Bertz CT molecular complexity index is 548. The summed E-state index contributed by atoms with van der Waals surface area (Å²) in [6.07, 6.45) is 8.39. The Morgan fingerprint density at radius 3 is 2.90 bits per heavy atom. The van der Waals surface area contributed by atoms with Gasteiger partial charge in [0.05, 0.1) is 0 Å². The summed E-state index contributed by atoms with van der Waals surface area (Å²) in [6, 6.07) is 5.48. The standard InChI is InChI=1S/C17H21NO2/c19-16-7-6-14-8-9-18(12-15(14)11-16)17(20)10-13-4-2-1-3-5-13/h4,6-7,11,19H,1-3,5,8-10,12H2. The number of amides is 1. The Morgan fingerprint density at radius 1 is 1.20 bits per heavy atom. The Hall–Kier alpha value is -1.77. The fraction of sp³-hybridized carbons (Fsp3) is 0.471. The molecular formula is C17H21NO2. The average molecular weight is 271 g/mol. The minimum atomic E-state index is 0.229. The highest BCUT2D eigenvalue weighted by Gasteiger charge is 2.21. The maximum Gasteiger partial charge on any atom is 0.226 e. The molecule has 20 heavy (non-hydrogen) atoms. The Balaban J connectivity index is 1.67. The van der Waals surface area contributed by atoms with Gasteiger partial charge in [-0.05, 0) is 55.4 Å². The van der Waals surface area contributed by atoms with Crippen molar-refractivity contribution in [3.63, 3.8) is 0 Å². The number of carbonyl (C=O) groups excluding carboxylic acids is 1. The highest BCUT2D eigenvalue weighted by molar-refractivity contribution is 5.79. The molecule has 0 aromatic heterocycles. The maximum absolute atomic E-state index is 12.4. The molecule has 1 aromatic rings. The molecule has 0 spiro atoms. The first kappa shape index (κ1) is 13.2. The van der Waals surface area contributed by atoms with Crippen molar-refractivity contribution in [1.29, 1.82) is 0 Å². The number of benzene rings is 1. The van der Waals surface area contributed by atoms with E-state index in [0.29, 0.717) is 13.0 Å². The molecule has 0 radical (unpaired) electrons. The summed E-state index contributed by atoms with van der Waals surface area (Å²) in [4.78, 5) is 14.3. The molecule has 1 heterocycles. The zero-order valence-electron chi connectivity index (χ0n) is 11.8. The zero-order chi connectivity index (χ0) is 13.9. The molecule has 1 aromatic carbocycles. The van der Waals surface area contributed by atoms with Gasteiger partial charge < -0.3 is 10.0 Å². The number of hydrogen-bond acceptors (Lipinski definition) is 2. The molecule has 0 atom stereocenters. The molecule has 3 rings (SSSR count). The summed E-state index contributed by atoms with van der Waals surface area (Å²) >= 11 is 0. The highest BCUT2D eigenvalue weighted by atomic mass is 16.3. The van der Waals surface area contributed by atoms with E-state index in [1.807, 2.05) is 11.0 Å². The highest BCUT2D eigenvalue weighted by Crippen LogP contribution is 2.25. The van der Waals surface area contributed by atoms with Crippen molar-refractivity contribution in [1.82, 2.24) is 4.90 Å². The van der Waals surface area contributed by atoms with Crippen LogP contribution in [0.3, 0.4) is 0 Å². The second-order valence-electron chi connectivity index (χ2n) is 5.80. The van der Waals surface area contributed by atoms with Gasteiger partial charge in [-0.25, -0.2) is 0 Å². The summed E-state index contributed by atoms with van der Waals surface area (Å²) in [7, 11) is 0. The molecule has 1 N–H and O–H groups in total. The van der Waals surface area contributed by atoms with Crippen LogP contribution in [0.1, 0.15) is 43.2 Å². The SMILES string of the molecule is O=C(CC1=CCCCC1)N1CCc2ccc(O)cc2C1. The van der Waals surface area contributed by atoms with Crippen LogP contribution in [-0.2, 0) is 17.8 Å². The first-order valence-corrected chi connectivity index (χ1v) is 7.49. The molecule has 0 saturated heterocycles. The quantitative estimate of drug-likeness (QED) is 0.839. The van der Waals surface area contributed by atoms with Gasteiger partial charge in [0.1, 0.15) is 5.75 Å². The molecule has 1 aliphatic carbocycles. The van der Waals surface area contributed by atoms with E-state index >= 15 is 0 Å². The number of carbonyl (C=O) groups is 1. The van der Waals surface area contributed by atoms with Crippen molar-refractivity contribution < 1.29 is 9.90 Å². The second kappa shape index (κ2) is 5.70. The van der Waals surface area contributed by atoms with Gasteiger partial charge in [-0.15, -0.1) is 0 Å².